The summed E-state index contributed by atoms with van der Waals surface area (Å²) in [6.07, 6.45) is 1.54. The topological polar surface area (TPSA) is 83.1 Å². The van der Waals surface area contributed by atoms with Crippen molar-refractivity contribution in [3.05, 3.63) is 77.5 Å². The molecule has 28 heavy (non-hydrogen) atoms. The fourth-order valence-electron chi connectivity index (χ4n) is 2.66. The molecule has 6 heteroatoms. The van der Waals surface area contributed by atoms with E-state index in [1.54, 1.807) is 24.3 Å². The highest BCUT2D eigenvalue weighted by molar-refractivity contribution is 6.04. The Balaban J connectivity index is 1.65. The van der Waals surface area contributed by atoms with E-state index >= 15 is 0 Å². The first kappa shape index (κ1) is 19.1. The van der Waals surface area contributed by atoms with Crippen LogP contribution in [0.5, 0.6) is 0 Å². The van der Waals surface area contributed by atoms with Gasteiger partial charge in [-0.05, 0) is 67.4 Å². The zero-order valence-corrected chi connectivity index (χ0v) is 16.0. The van der Waals surface area contributed by atoms with Crippen molar-refractivity contribution in [3.8, 4) is 0 Å². The lowest BCUT2D eigenvalue weighted by Crippen LogP contribution is -2.13. The minimum atomic E-state index is -0.201. The summed E-state index contributed by atoms with van der Waals surface area (Å²) >= 11 is 0. The maximum absolute atomic E-state index is 12.5. The van der Waals surface area contributed by atoms with Crippen molar-refractivity contribution in [2.75, 3.05) is 16.0 Å². The summed E-state index contributed by atoms with van der Waals surface area (Å²) in [5.74, 6) is 0.306. The van der Waals surface area contributed by atoms with Gasteiger partial charge in [0.25, 0.3) is 5.91 Å². The van der Waals surface area contributed by atoms with E-state index in [4.69, 9.17) is 0 Å². The average molecular weight is 374 g/mol. The molecule has 1 heterocycles. The van der Waals surface area contributed by atoms with Gasteiger partial charge in [-0.1, -0.05) is 12.1 Å². The van der Waals surface area contributed by atoms with Gasteiger partial charge in [-0.3, -0.25) is 9.59 Å². The predicted octanol–water partition coefficient (Wildman–Crippen LogP) is 4.65. The van der Waals surface area contributed by atoms with E-state index in [-0.39, 0.29) is 11.8 Å². The van der Waals surface area contributed by atoms with E-state index < -0.39 is 0 Å². The van der Waals surface area contributed by atoms with Crippen LogP contribution >= 0.6 is 0 Å². The van der Waals surface area contributed by atoms with Gasteiger partial charge in [0, 0.05) is 30.2 Å². The monoisotopic (exact) mass is 374 g/mol. The largest absolute Gasteiger partial charge is 0.340 e. The van der Waals surface area contributed by atoms with Crippen LogP contribution in [0.25, 0.3) is 0 Å². The summed E-state index contributed by atoms with van der Waals surface area (Å²) in [5.41, 5.74) is 4.92. The average Bonchev–Trinajstić information content (AvgIpc) is 2.66. The molecule has 2 aromatic carbocycles. The maximum atomic E-state index is 12.5. The molecule has 0 aliphatic heterocycles. The Hall–Kier alpha value is -3.67. The Kier molecular flexibility index (Phi) is 5.69. The van der Waals surface area contributed by atoms with Crippen molar-refractivity contribution < 1.29 is 9.59 Å². The van der Waals surface area contributed by atoms with Gasteiger partial charge >= 0.3 is 0 Å². The third-order valence-corrected chi connectivity index (χ3v) is 4.14. The molecule has 0 unspecified atom stereocenters. The molecule has 0 fully saturated rings. The van der Waals surface area contributed by atoms with Crippen LogP contribution in [0.15, 0.2) is 60.8 Å². The SMILES string of the molecule is CC(=O)Nc1ccc(Nc2ccc(C(=O)Nc3cc(C)ccc3C)cn2)cc1. The van der Waals surface area contributed by atoms with Gasteiger partial charge in [-0.2, -0.15) is 0 Å². The molecule has 2 amide bonds. The lowest BCUT2D eigenvalue weighted by Gasteiger charge is -2.10. The van der Waals surface area contributed by atoms with Crippen LogP contribution in [0.2, 0.25) is 0 Å². The van der Waals surface area contributed by atoms with Gasteiger partial charge < -0.3 is 16.0 Å². The third-order valence-electron chi connectivity index (χ3n) is 4.14. The lowest BCUT2D eigenvalue weighted by molar-refractivity contribution is -0.114. The second kappa shape index (κ2) is 8.35. The molecular weight excluding hydrogens is 352 g/mol. The fourth-order valence-corrected chi connectivity index (χ4v) is 2.66. The number of hydrogen-bond acceptors (Lipinski definition) is 4. The van der Waals surface area contributed by atoms with Crippen LogP contribution in [0, 0.1) is 13.8 Å². The molecule has 0 saturated carbocycles. The van der Waals surface area contributed by atoms with E-state index in [2.05, 4.69) is 20.9 Å². The number of aromatic nitrogens is 1. The van der Waals surface area contributed by atoms with Gasteiger partial charge in [-0.15, -0.1) is 0 Å². The van der Waals surface area contributed by atoms with Crippen molar-refractivity contribution >= 4 is 34.7 Å². The number of hydrogen-bond donors (Lipinski definition) is 3. The number of benzene rings is 2. The Morgan fingerprint density at radius 1 is 0.857 bits per heavy atom. The van der Waals surface area contributed by atoms with Crippen LogP contribution in [-0.4, -0.2) is 16.8 Å². The molecule has 0 radical (unpaired) electrons. The quantitative estimate of drug-likeness (QED) is 0.607. The molecule has 0 saturated heterocycles. The van der Waals surface area contributed by atoms with Gasteiger partial charge in [0.2, 0.25) is 5.91 Å². The molecule has 0 aliphatic rings. The van der Waals surface area contributed by atoms with Crippen LogP contribution in [0.3, 0.4) is 0 Å². The van der Waals surface area contributed by atoms with Crippen LogP contribution in [0.4, 0.5) is 22.9 Å². The maximum Gasteiger partial charge on any atom is 0.257 e. The summed E-state index contributed by atoms with van der Waals surface area (Å²) in [5, 5.41) is 8.80. The number of aryl methyl sites for hydroxylation is 2. The van der Waals surface area contributed by atoms with E-state index in [0.29, 0.717) is 11.4 Å². The molecule has 3 rings (SSSR count). The fraction of sp³-hybridized carbons (Fsp3) is 0.136. The van der Waals surface area contributed by atoms with Crippen LogP contribution < -0.4 is 16.0 Å². The van der Waals surface area contributed by atoms with Gasteiger partial charge in [0.1, 0.15) is 5.82 Å². The molecule has 3 aromatic rings. The first-order valence-corrected chi connectivity index (χ1v) is 8.90. The van der Waals surface area contributed by atoms with Gasteiger partial charge in [-0.25, -0.2) is 4.98 Å². The molecule has 142 valence electrons. The van der Waals surface area contributed by atoms with Crippen molar-refractivity contribution in [1.82, 2.24) is 4.98 Å². The summed E-state index contributed by atoms with van der Waals surface area (Å²) in [4.78, 5) is 27.8. The third kappa shape index (κ3) is 4.94. The number of anilines is 4. The summed E-state index contributed by atoms with van der Waals surface area (Å²) in [6, 6.07) is 16.7. The molecule has 6 nitrogen and oxygen atoms in total. The smallest absolute Gasteiger partial charge is 0.257 e. The Bertz CT molecular complexity index is 996. The van der Waals surface area contributed by atoms with E-state index in [1.165, 1.54) is 13.1 Å². The zero-order valence-electron chi connectivity index (χ0n) is 16.0. The number of nitrogens with zero attached hydrogens (tertiary/aromatic N) is 1. The number of carbonyl (C=O) groups excluding carboxylic acids is 2. The minimum Gasteiger partial charge on any atom is -0.340 e. The van der Waals surface area contributed by atoms with Crippen molar-refractivity contribution in [2.24, 2.45) is 0 Å². The van der Waals surface area contributed by atoms with Gasteiger partial charge in [0.05, 0.1) is 5.56 Å². The first-order chi connectivity index (χ1) is 13.4. The molecular formula is C22H22N4O2. The van der Waals surface area contributed by atoms with E-state index in [9.17, 15) is 9.59 Å². The number of amides is 2. The number of carbonyl (C=O) groups is 2. The number of pyridine rings is 1. The van der Waals surface area contributed by atoms with E-state index in [0.717, 1.165) is 28.2 Å². The summed E-state index contributed by atoms with van der Waals surface area (Å²) in [6.45, 7) is 5.41. The highest BCUT2D eigenvalue weighted by atomic mass is 16.2. The Morgan fingerprint density at radius 2 is 1.57 bits per heavy atom. The minimum absolute atomic E-state index is 0.114. The molecule has 0 bridgehead atoms. The number of rotatable bonds is 5. The first-order valence-electron chi connectivity index (χ1n) is 8.90. The lowest BCUT2D eigenvalue weighted by atomic mass is 10.1. The Morgan fingerprint density at radius 3 is 2.21 bits per heavy atom. The Labute approximate surface area is 164 Å². The van der Waals surface area contributed by atoms with Gasteiger partial charge in [0.15, 0.2) is 0 Å². The summed E-state index contributed by atoms with van der Waals surface area (Å²) < 4.78 is 0. The standard InChI is InChI=1S/C22H22N4O2/c1-14-4-5-15(2)20(12-14)26-22(28)17-6-11-21(23-13-17)25-19-9-7-18(8-10-19)24-16(3)27/h4-13H,1-3H3,(H,23,25)(H,24,27)(H,26,28). The van der Waals surface area contributed by atoms with Crippen LogP contribution in [0.1, 0.15) is 28.4 Å². The highest BCUT2D eigenvalue weighted by Crippen LogP contribution is 2.19. The highest BCUT2D eigenvalue weighted by Gasteiger charge is 2.09. The normalized spacial score (nSPS) is 10.2. The second-order valence-corrected chi connectivity index (χ2v) is 6.59. The van der Waals surface area contributed by atoms with E-state index in [1.807, 2.05) is 44.2 Å². The molecule has 1 aromatic heterocycles. The number of nitrogens with one attached hydrogen (secondary N) is 3. The molecule has 0 spiro atoms. The van der Waals surface area contributed by atoms with Crippen molar-refractivity contribution in [1.29, 1.82) is 0 Å². The second-order valence-electron chi connectivity index (χ2n) is 6.59. The van der Waals surface area contributed by atoms with Crippen molar-refractivity contribution in [3.63, 3.8) is 0 Å². The molecule has 0 atom stereocenters. The molecule has 0 aliphatic carbocycles. The van der Waals surface area contributed by atoms with Crippen molar-refractivity contribution in [2.45, 2.75) is 20.8 Å². The molecule has 3 N–H and O–H groups in total. The van der Waals surface area contributed by atoms with Crippen LogP contribution in [-0.2, 0) is 4.79 Å². The zero-order chi connectivity index (χ0) is 20.1. The predicted molar refractivity (Wildman–Crippen MR) is 112 cm³/mol. The summed E-state index contributed by atoms with van der Waals surface area (Å²) in [7, 11) is 0.